The molecule has 0 aromatic heterocycles. The predicted octanol–water partition coefficient (Wildman–Crippen LogP) is 1.83. The van der Waals surface area contributed by atoms with Crippen LogP contribution in [-0.4, -0.2) is 53.8 Å². The summed E-state index contributed by atoms with van der Waals surface area (Å²) in [6, 6.07) is 11.5. The maximum absolute atomic E-state index is 13.1. The number of piperidine rings is 2. The summed E-state index contributed by atoms with van der Waals surface area (Å²) in [7, 11) is 0. The molecule has 0 radical (unpaired) electrons. The van der Waals surface area contributed by atoms with Crippen molar-refractivity contribution in [3.05, 3.63) is 59.2 Å². The Labute approximate surface area is 196 Å². The third-order valence-corrected chi connectivity index (χ3v) is 6.53. The Morgan fingerprint density at radius 3 is 2.50 bits per heavy atom. The van der Waals surface area contributed by atoms with Gasteiger partial charge in [0.2, 0.25) is 11.8 Å². The second-order valence-corrected chi connectivity index (χ2v) is 8.78. The first-order valence-corrected chi connectivity index (χ1v) is 11.5. The van der Waals surface area contributed by atoms with Gasteiger partial charge < -0.3 is 20.3 Å². The molecule has 0 spiro atoms. The summed E-state index contributed by atoms with van der Waals surface area (Å²) in [5, 5.41) is 8.48. The Hall–Kier alpha value is -3.72. The molecule has 3 heterocycles. The molecule has 0 saturated carbocycles. The highest BCUT2D eigenvalue weighted by Crippen LogP contribution is 2.30. The fourth-order valence-electron chi connectivity index (χ4n) is 4.72. The van der Waals surface area contributed by atoms with Gasteiger partial charge >= 0.3 is 0 Å². The van der Waals surface area contributed by atoms with E-state index in [2.05, 4.69) is 16.0 Å². The number of hydrogen-bond acceptors (Lipinski definition) is 6. The Balaban J connectivity index is 1.28. The van der Waals surface area contributed by atoms with Crippen molar-refractivity contribution in [2.24, 2.45) is 0 Å². The highest BCUT2D eigenvalue weighted by Gasteiger charge is 2.40. The summed E-state index contributed by atoms with van der Waals surface area (Å²) in [6.07, 6.45) is 2.58. The maximum atomic E-state index is 13.1. The SMILES string of the molecule is O=C1CCC(N2Cc3c(C(=O)Nc4ccc(OC5CCNCC5)cc4)cccc3C2=O)C(=O)N1. The highest BCUT2D eigenvalue weighted by molar-refractivity contribution is 6.10. The smallest absolute Gasteiger partial charge is 0.256 e. The topological polar surface area (TPSA) is 117 Å². The van der Waals surface area contributed by atoms with Crippen LogP contribution in [0, 0.1) is 0 Å². The van der Waals surface area contributed by atoms with Crippen molar-refractivity contribution in [1.29, 1.82) is 0 Å². The van der Waals surface area contributed by atoms with E-state index < -0.39 is 11.9 Å². The molecular weight excluding hydrogens is 436 g/mol. The standard InChI is InChI=1S/C25H26N4O5/c30-22-9-8-21(24(32)28-22)29-14-20-18(2-1-3-19(20)25(29)33)23(31)27-15-4-6-16(7-5-15)34-17-10-12-26-13-11-17/h1-7,17,21,26H,8-14H2,(H,27,31)(H,28,30,32). The lowest BCUT2D eigenvalue weighted by molar-refractivity contribution is -0.136. The van der Waals surface area contributed by atoms with Crippen LogP contribution < -0.4 is 20.7 Å². The number of nitrogens with zero attached hydrogens (tertiary/aromatic N) is 1. The van der Waals surface area contributed by atoms with Crippen LogP contribution in [0.15, 0.2) is 42.5 Å². The Bertz CT molecular complexity index is 1140. The third-order valence-electron chi connectivity index (χ3n) is 6.53. The van der Waals surface area contributed by atoms with Crippen molar-refractivity contribution in [3.63, 3.8) is 0 Å². The van der Waals surface area contributed by atoms with Gasteiger partial charge in [-0.1, -0.05) is 6.07 Å². The number of fused-ring (bicyclic) bond motifs is 1. The van der Waals surface area contributed by atoms with Gasteiger partial charge in [-0.15, -0.1) is 0 Å². The highest BCUT2D eigenvalue weighted by atomic mass is 16.5. The molecule has 2 saturated heterocycles. The third kappa shape index (κ3) is 4.38. The number of imide groups is 1. The summed E-state index contributed by atoms with van der Waals surface area (Å²) in [4.78, 5) is 51.2. The lowest BCUT2D eigenvalue weighted by Crippen LogP contribution is -2.52. The van der Waals surface area contributed by atoms with Gasteiger partial charge in [-0.05, 0) is 74.3 Å². The molecule has 3 aliphatic rings. The van der Waals surface area contributed by atoms with E-state index in [0.29, 0.717) is 22.4 Å². The first-order chi connectivity index (χ1) is 16.5. The molecule has 9 nitrogen and oxygen atoms in total. The molecular formula is C25H26N4O5. The molecule has 2 aromatic carbocycles. The number of anilines is 1. The first-order valence-electron chi connectivity index (χ1n) is 11.5. The zero-order chi connectivity index (χ0) is 23.7. The molecule has 3 aliphatic heterocycles. The minimum absolute atomic E-state index is 0.146. The quantitative estimate of drug-likeness (QED) is 0.584. The van der Waals surface area contributed by atoms with Gasteiger partial charge in [-0.25, -0.2) is 0 Å². The van der Waals surface area contributed by atoms with Crippen molar-refractivity contribution >= 4 is 29.3 Å². The van der Waals surface area contributed by atoms with Crippen LogP contribution in [-0.2, 0) is 16.1 Å². The normalized spacial score (nSPS) is 20.6. The molecule has 34 heavy (non-hydrogen) atoms. The number of hydrogen-bond donors (Lipinski definition) is 3. The summed E-state index contributed by atoms with van der Waals surface area (Å²) >= 11 is 0. The van der Waals surface area contributed by atoms with Crippen LogP contribution in [0.1, 0.15) is 52.0 Å². The second-order valence-electron chi connectivity index (χ2n) is 8.78. The molecule has 3 N–H and O–H groups in total. The van der Waals surface area contributed by atoms with E-state index in [1.54, 1.807) is 30.3 Å². The molecule has 4 amide bonds. The molecule has 5 rings (SSSR count). The number of amides is 4. The fraction of sp³-hybridized carbons (Fsp3) is 0.360. The van der Waals surface area contributed by atoms with Gasteiger partial charge in [0.25, 0.3) is 11.8 Å². The summed E-state index contributed by atoms with van der Waals surface area (Å²) in [6.45, 7) is 2.04. The van der Waals surface area contributed by atoms with Gasteiger partial charge in [0.05, 0.1) is 0 Å². The monoisotopic (exact) mass is 462 g/mol. The van der Waals surface area contributed by atoms with Crippen molar-refractivity contribution in [2.75, 3.05) is 18.4 Å². The van der Waals surface area contributed by atoms with Gasteiger partial charge in [0, 0.05) is 29.8 Å². The average Bonchev–Trinajstić information content (AvgIpc) is 3.17. The average molecular weight is 463 g/mol. The summed E-state index contributed by atoms with van der Waals surface area (Å²) < 4.78 is 6.01. The number of carbonyl (C=O) groups is 4. The zero-order valence-corrected chi connectivity index (χ0v) is 18.6. The molecule has 9 heteroatoms. The summed E-state index contributed by atoms with van der Waals surface area (Å²) in [5.41, 5.74) is 1.99. The van der Waals surface area contributed by atoms with Crippen molar-refractivity contribution in [1.82, 2.24) is 15.5 Å². The van der Waals surface area contributed by atoms with Crippen LogP contribution in [0.3, 0.4) is 0 Å². The molecule has 2 aromatic rings. The summed E-state index contributed by atoms with van der Waals surface area (Å²) in [5.74, 6) is -0.691. The van der Waals surface area contributed by atoms with E-state index in [9.17, 15) is 19.2 Å². The minimum atomic E-state index is -0.721. The van der Waals surface area contributed by atoms with Gasteiger partial charge in [-0.2, -0.15) is 0 Å². The van der Waals surface area contributed by atoms with Crippen LogP contribution in [0.2, 0.25) is 0 Å². The maximum Gasteiger partial charge on any atom is 0.256 e. The van der Waals surface area contributed by atoms with E-state index in [-0.39, 0.29) is 43.2 Å². The van der Waals surface area contributed by atoms with Gasteiger partial charge in [0.15, 0.2) is 0 Å². The molecule has 0 aliphatic carbocycles. The number of benzene rings is 2. The number of rotatable bonds is 5. The van der Waals surface area contributed by atoms with Crippen molar-refractivity contribution < 1.29 is 23.9 Å². The number of ether oxygens (including phenoxy) is 1. The van der Waals surface area contributed by atoms with Crippen LogP contribution in [0.4, 0.5) is 5.69 Å². The van der Waals surface area contributed by atoms with E-state index in [0.717, 1.165) is 31.7 Å². The molecule has 1 atom stereocenters. The van der Waals surface area contributed by atoms with Crippen LogP contribution >= 0.6 is 0 Å². The Morgan fingerprint density at radius 1 is 1.00 bits per heavy atom. The molecule has 0 bridgehead atoms. The zero-order valence-electron chi connectivity index (χ0n) is 18.6. The lowest BCUT2D eigenvalue weighted by Gasteiger charge is -2.29. The van der Waals surface area contributed by atoms with Crippen LogP contribution in [0.5, 0.6) is 5.75 Å². The minimum Gasteiger partial charge on any atom is -0.490 e. The number of carbonyl (C=O) groups excluding carboxylic acids is 4. The van der Waals surface area contributed by atoms with Crippen molar-refractivity contribution in [2.45, 2.75) is 44.4 Å². The van der Waals surface area contributed by atoms with E-state index in [1.165, 1.54) is 4.90 Å². The predicted molar refractivity (Wildman–Crippen MR) is 123 cm³/mol. The molecule has 2 fully saturated rings. The second kappa shape index (κ2) is 9.26. The van der Waals surface area contributed by atoms with Gasteiger partial charge in [0.1, 0.15) is 17.9 Å². The lowest BCUT2D eigenvalue weighted by atomic mass is 10.0. The van der Waals surface area contributed by atoms with Crippen LogP contribution in [0.25, 0.3) is 0 Å². The van der Waals surface area contributed by atoms with Gasteiger partial charge in [-0.3, -0.25) is 24.5 Å². The van der Waals surface area contributed by atoms with E-state index in [1.807, 2.05) is 12.1 Å². The largest absolute Gasteiger partial charge is 0.490 e. The number of nitrogens with one attached hydrogen (secondary N) is 3. The Morgan fingerprint density at radius 2 is 1.76 bits per heavy atom. The van der Waals surface area contributed by atoms with E-state index in [4.69, 9.17) is 4.74 Å². The fourth-order valence-corrected chi connectivity index (χ4v) is 4.72. The van der Waals surface area contributed by atoms with E-state index >= 15 is 0 Å². The molecule has 1 unspecified atom stereocenters. The first kappa shape index (κ1) is 22.1. The molecule has 176 valence electrons. The van der Waals surface area contributed by atoms with Crippen molar-refractivity contribution in [3.8, 4) is 5.75 Å². The Kier molecular flexibility index (Phi) is 6.02.